The van der Waals surface area contributed by atoms with Crippen molar-refractivity contribution in [3.8, 4) is 0 Å². The van der Waals surface area contributed by atoms with E-state index in [1.165, 1.54) is 12.8 Å². The summed E-state index contributed by atoms with van der Waals surface area (Å²) in [7, 11) is -1.55. The van der Waals surface area contributed by atoms with Crippen LogP contribution in [0, 0.1) is 0 Å². The van der Waals surface area contributed by atoms with Gasteiger partial charge < -0.3 is 4.11 Å². The smallest absolute Gasteiger partial charge is 0.231 e. The standard InChI is InChI=1S/C4H9FSi/c5-6-3-1-2-4-6/h6H,1-4H2. The van der Waals surface area contributed by atoms with E-state index in [4.69, 9.17) is 0 Å². The topological polar surface area (TPSA) is 0 Å². The molecule has 0 saturated carbocycles. The fraction of sp³-hybridized carbons (Fsp3) is 1.00. The molecule has 0 unspecified atom stereocenters. The zero-order valence-corrected chi connectivity index (χ0v) is 4.94. The van der Waals surface area contributed by atoms with E-state index < -0.39 is 9.13 Å². The van der Waals surface area contributed by atoms with Crippen molar-refractivity contribution in [2.75, 3.05) is 0 Å². The lowest BCUT2D eigenvalue weighted by atomic mass is 10.4. The van der Waals surface area contributed by atoms with Crippen molar-refractivity contribution >= 4 is 9.13 Å². The Kier molecular flexibility index (Phi) is 1.24. The van der Waals surface area contributed by atoms with E-state index in [0.717, 1.165) is 12.1 Å². The first-order valence-corrected chi connectivity index (χ1v) is 4.60. The first-order valence-electron chi connectivity index (χ1n) is 2.53. The zero-order valence-electron chi connectivity index (χ0n) is 3.78. The fourth-order valence-corrected chi connectivity index (χ4v) is 2.63. The number of hydrogen-bond acceptors (Lipinski definition) is 0. The summed E-state index contributed by atoms with van der Waals surface area (Å²) in [6.07, 6.45) is 2.35. The maximum absolute atomic E-state index is 12.1. The highest BCUT2D eigenvalue weighted by Crippen LogP contribution is 2.18. The molecule has 0 bridgehead atoms. The Morgan fingerprint density at radius 1 is 1.17 bits per heavy atom. The Morgan fingerprint density at radius 2 is 1.67 bits per heavy atom. The lowest BCUT2D eigenvalue weighted by molar-refractivity contribution is 0.829. The Morgan fingerprint density at radius 3 is 1.83 bits per heavy atom. The summed E-state index contributed by atoms with van der Waals surface area (Å²) in [5, 5.41) is 0. The second-order valence-electron chi connectivity index (χ2n) is 1.88. The first-order chi connectivity index (χ1) is 2.89. The van der Waals surface area contributed by atoms with Crippen molar-refractivity contribution in [2.45, 2.75) is 24.9 Å². The first kappa shape index (κ1) is 4.31. The van der Waals surface area contributed by atoms with E-state index in [0.29, 0.717) is 0 Å². The van der Waals surface area contributed by atoms with Gasteiger partial charge >= 0.3 is 0 Å². The average Bonchev–Trinajstić information content (AvgIpc) is 1.86. The van der Waals surface area contributed by atoms with Crippen molar-refractivity contribution in [3.63, 3.8) is 0 Å². The molecule has 1 rings (SSSR count). The van der Waals surface area contributed by atoms with Gasteiger partial charge in [0, 0.05) is 0 Å². The average molecular weight is 104 g/mol. The van der Waals surface area contributed by atoms with E-state index in [9.17, 15) is 4.11 Å². The summed E-state index contributed by atoms with van der Waals surface area (Å²) < 4.78 is 12.1. The van der Waals surface area contributed by atoms with Crippen LogP contribution in [0.15, 0.2) is 0 Å². The lowest BCUT2D eigenvalue weighted by Crippen LogP contribution is -1.92. The SMILES string of the molecule is F[SiH]1CCCC1. The van der Waals surface area contributed by atoms with E-state index in [-0.39, 0.29) is 0 Å². The van der Waals surface area contributed by atoms with Gasteiger partial charge in [0.15, 0.2) is 0 Å². The summed E-state index contributed by atoms with van der Waals surface area (Å²) in [4.78, 5) is 0. The van der Waals surface area contributed by atoms with Crippen LogP contribution >= 0.6 is 0 Å². The second-order valence-corrected chi connectivity index (χ2v) is 4.23. The molecular formula is C4H9FSi. The molecule has 0 nitrogen and oxygen atoms in total. The maximum Gasteiger partial charge on any atom is 0.231 e. The van der Waals surface area contributed by atoms with Gasteiger partial charge in [0.2, 0.25) is 9.13 Å². The summed E-state index contributed by atoms with van der Waals surface area (Å²) >= 11 is 0. The molecule has 2 heteroatoms. The van der Waals surface area contributed by atoms with Crippen molar-refractivity contribution in [1.29, 1.82) is 0 Å². The van der Waals surface area contributed by atoms with Gasteiger partial charge in [-0.3, -0.25) is 0 Å². The van der Waals surface area contributed by atoms with Crippen molar-refractivity contribution in [3.05, 3.63) is 0 Å². The highest BCUT2D eigenvalue weighted by molar-refractivity contribution is 6.51. The largest absolute Gasteiger partial charge is 0.318 e. The van der Waals surface area contributed by atoms with Crippen LogP contribution in [0.2, 0.25) is 12.1 Å². The molecule has 0 aromatic heterocycles. The number of halogens is 1. The third-order valence-corrected chi connectivity index (χ3v) is 3.35. The lowest BCUT2D eigenvalue weighted by Gasteiger charge is -1.83. The van der Waals surface area contributed by atoms with Gasteiger partial charge in [-0.2, -0.15) is 0 Å². The minimum absolute atomic E-state index is 0.958. The van der Waals surface area contributed by atoms with Gasteiger partial charge in [-0.1, -0.05) is 12.8 Å². The fourth-order valence-electron chi connectivity index (χ4n) is 0.876. The van der Waals surface area contributed by atoms with Crippen molar-refractivity contribution in [2.24, 2.45) is 0 Å². The molecule has 1 fully saturated rings. The van der Waals surface area contributed by atoms with E-state index in [1.54, 1.807) is 0 Å². The van der Waals surface area contributed by atoms with Crippen molar-refractivity contribution in [1.82, 2.24) is 0 Å². The minimum Gasteiger partial charge on any atom is -0.318 e. The van der Waals surface area contributed by atoms with E-state index in [2.05, 4.69) is 0 Å². The summed E-state index contributed by atoms with van der Waals surface area (Å²) in [5.41, 5.74) is 0. The van der Waals surface area contributed by atoms with Crippen LogP contribution in [0.25, 0.3) is 0 Å². The van der Waals surface area contributed by atoms with Crippen LogP contribution in [0.1, 0.15) is 12.8 Å². The maximum atomic E-state index is 12.1. The van der Waals surface area contributed by atoms with Crippen LogP contribution in [-0.2, 0) is 0 Å². The summed E-state index contributed by atoms with van der Waals surface area (Å²) in [6, 6.07) is 1.92. The Balaban J connectivity index is 2.18. The Bertz CT molecular complexity index is 40.8. The van der Waals surface area contributed by atoms with Crippen molar-refractivity contribution < 1.29 is 4.11 Å². The molecule has 0 radical (unpaired) electrons. The molecule has 0 spiro atoms. The quantitative estimate of drug-likeness (QED) is 0.322. The van der Waals surface area contributed by atoms with E-state index in [1.807, 2.05) is 0 Å². The van der Waals surface area contributed by atoms with Crippen LogP contribution < -0.4 is 0 Å². The highest BCUT2D eigenvalue weighted by Gasteiger charge is 2.14. The molecular weight excluding hydrogens is 95.1 g/mol. The number of hydrogen-bond donors (Lipinski definition) is 0. The Labute approximate surface area is 39.1 Å². The van der Waals surface area contributed by atoms with Crippen LogP contribution in [0.4, 0.5) is 4.11 Å². The third kappa shape index (κ3) is 0.804. The molecule has 0 aliphatic carbocycles. The third-order valence-electron chi connectivity index (χ3n) is 1.28. The summed E-state index contributed by atoms with van der Waals surface area (Å²) in [6.45, 7) is 0. The molecule has 1 aliphatic heterocycles. The van der Waals surface area contributed by atoms with Crippen LogP contribution in [0.5, 0.6) is 0 Å². The second kappa shape index (κ2) is 1.73. The van der Waals surface area contributed by atoms with Gasteiger partial charge in [0.25, 0.3) is 0 Å². The Hall–Kier alpha value is 0.147. The van der Waals surface area contributed by atoms with Gasteiger partial charge in [0.1, 0.15) is 0 Å². The monoisotopic (exact) mass is 104 g/mol. The van der Waals surface area contributed by atoms with Gasteiger partial charge in [-0.25, -0.2) is 0 Å². The molecule has 1 heterocycles. The minimum atomic E-state index is -1.55. The molecule has 36 valence electrons. The number of rotatable bonds is 0. The predicted octanol–water partition coefficient (Wildman–Crippen LogP) is 1.47. The van der Waals surface area contributed by atoms with Gasteiger partial charge in [0.05, 0.1) is 0 Å². The van der Waals surface area contributed by atoms with Crippen LogP contribution in [0.3, 0.4) is 0 Å². The van der Waals surface area contributed by atoms with Crippen LogP contribution in [-0.4, -0.2) is 9.13 Å². The highest BCUT2D eigenvalue weighted by atomic mass is 28.3. The molecule has 1 saturated heterocycles. The molecule has 1 aliphatic rings. The summed E-state index contributed by atoms with van der Waals surface area (Å²) in [5.74, 6) is 0. The molecule has 0 aromatic carbocycles. The van der Waals surface area contributed by atoms with Gasteiger partial charge in [-0.15, -0.1) is 0 Å². The molecule has 6 heavy (non-hydrogen) atoms. The zero-order chi connectivity index (χ0) is 4.41. The molecule has 0 atom stereocenters. The van der Waals surface area contributed by atoms with Gasteiger partial charge in [-0.05, 0) is 12.1 Å². The molecule has 0 aromatic rings. The predicted molar refractivity (Wildman–Crippen MR) is 27.1 cm³/mol. The molecule has 0 N–H and O–H groups in total. The molecule has 0 amide bonds. The normalized spacial score (nSPS) is 25.5. The van der Waals surface area contributed by atoms with E-state index >= 15 is 0 Å².